The number of rotatable bonds is 10. The first kappa shape index (κ1) is 48.5. The molecule has 2 aromatic heterocycles. The second-order valence-corrected chi connectivity index (χ2v) is 24.0. The number of pyridine rings is 1. The average Bonchev–Trinajstić information content (AvgIpc) is 4.08. The maximum Gasteiger partial charge on any atom is 0.297 e. The lowest BCUT2D eigenvalue weighted by Crippen LogP contribution is -2.55. The van der Waals surface area contributed by atoms with E-state index in [1.54, 1.807) is 12.3 Å². The first-order valence-electron chi connectivity index (χ1n) is 26.3. The molecule has 3 aromatic carbocycles. The van der Waals surface area contributed by atoms with Crippen LogP contribution in [0.1, 0.15) is 112 Å². The lowest BCUT2D eigenvalue weighted by molar-refractivity contribution is -0.384. The summed E-state index contributed by atoms with van der Waals surface area (Å²) in [5.41, 5.74) is 4.29. The zero-order valence-corrected chi connectivity index (χ0v) is 42.6. The molecule has 2 saturated carbocycles. The molecule has 18 nitrogen and oxygen atoms in total. The van der Waals surface area contributed by atoms with Gasteiger partial charge in [0.25, 0.3) is 21.6 Å². The first-order valence-corrected chi connectivity index (χ1v) is 27.8. The number of nitriles is 1. The predicted molar refractivity (Wildman–Crippen MR) is 278 cm³/mol. The van der Waals surface area contributed by atoms with Crippen molar-refractivity contribution in [2.24, 2.45) is 11.3 Å². The highest BCUT2D eigenvalue weighted by molar-refractivity contribution is 7.90. The van der Waals surface area contributed by atoms with E-state index in [4.69, 9.17) is 19.2 Å². The molecule has 2 aliphatic carbocycles. The van der Waals surface area contributed by atoms with Gasteiger partial charge in [-0.1, -0.05) is 24.3 Å². The summed E-state index contributed by atoms with van der Waals surface area (Å²) >= 11 is 0. The average molecular weight is 1030 g/mol. The van der Waals surface area contributed by atoms with Gasteiger partial charge in [-0.05, 0) is 137 Å². The van der Waals surface area contributed by atoms with E-state index in [1.807, 2.05) is 49.1 Å². The number of nitro benzene ring substituents is 1. The molecule has 0 unspecified atom stereocenters. The summed E-state index contributed by atoms with van der Waals surface area (Å²) in [4.78, 5) is 41.4. The third kappa shape index (κ3) is 8.66. The fraction of sp³-hybridized carbons (Fsp3) is 0.509. The Morgan fingerprint density at radius 1 is 0.986 bits per heavy atom. The normalized spacial score (nSPS) is 25.9. The van der Waals surface area contributed by atoms with E-state index in [-0.39, 0.29) is 59.8 Å². The Labute approximate surface area is 430 Å². The summed E-state index contributed by atoms with van der Waals surface area (Å²) in [6.45, 7) is 7.58. The van der Waals surface area contributed by atoms with Crippen molar-refractivity contribution in [3.63, 3.8) is 0 Å². The summed E-state index contributed by atoms with van der Waals surface area (Å²) in [6.07, 6.45) is 10.8. The number of piperidine rings is 1. The van der Waals surface area contributed by atoms with Gasteiger partial charge in [0.1, 0.15) is 24.0 Å². The van der Waals surface area contributed by atoms with Crippen LogP contribution in [0.5, 0.6) is 11.6 Å². The Bertz CT molecular complexity index is 3170. The van der Waals surface area contributed by atoms with E-state index in [2.05, 4.69) is 49.1 Å². The van der Waals surface area contributed by atoms with Crippen LogP contribution in [-0.2, 0) is 20.2 Å². The van der Waals surface area contributed by atoms with E-state index in [0.29, 0.717) is 60.9 Å². The lowest BCUT2D eigenvalue weighted by atomic mass is 9.59. The van der Waals surface area contributed by atoms with Gasteiger partial charge in [-0.25, -0.2) is 13.1 Å². The number of likely N-dealkylation sites (tertiary alicyclic amines) is 1. The molecular formula is C55H63N9O9S. The fourth-order valence-electron chi connectivity index (χ4n) is 13.4. The third-order valence-corrected chi connectivity index (χ3v) is 18.8. The van der Waals surface area contributed by atoms with Crippen molar-refractivity contribution in [1.29, 1.82) is 5.26 Å². The topological polar surface area (TPSA) is 229 Å². The van der Waals surface area contributed by atoms with Gasteiger partial charge < -0.3 is 39.4 Å². The minimum atomic E-state index is -4.72. The van der Waals surface area contributed by atoms with Gasteiger partial charge in [-0.2, -0.15) is 10.2 Å². The monoisotopic (exact) mass is 1030 g/mol. The maximum absolute atomic E-state index is 14.8. The predicted octanol–water partition coefficient (Wildman–Crippen LogP) is 8.39. The van der Waals surface area contributed by atoms with Gasteiger partial charge in [0.2, 0.25) is 5.88 Å². The number of aliphatic hydroxyl groups excluding tert-OH is 1. The third-order valence-electron chi connectivity index (χ3n) is 17.5. The number of nitrogens with one attached hydrogen (secondary N) is 3. The summed E-state index contributed by atoms with van der Waals surface area (Å²) in [5, 5.41) is 36.8. The zero-order valence-electron chi connectivity index (χ0n) is 41.8. The van der Waals surface area contributed by atoms with Crippen molar-refractivity contribution in [1.82, 2.24) is 19.6 Å². The SMILES string of the molecule is CC(C)(C#N)c1ccccc1[C@@H]1CCCN1C1CC2(CCN(c3ccc(C(=O)NS(=O)(=O)c4cc5c(c([N+](=O)[O-])c4)N[C@H](C4CCC(O)CC4)CO5)c(N4c5cc6cc[nH]c6nc5O[C@H]5CCOC[C@H]54)c3)CC2)C1. The number of sulfonamides is 1. The second-order valence-electron chi connectivity index (χ2n) is 22.3. The number of nitrogens with zero attached hydrogens (tertiary/aromatic N) is 6. The molecule has 12 rings (SSSR count). The molecule has 0 bridgehead atoms. The largest absolute Gasteiger partial charge is 0.489 e. The maximum atomic E-state index is 14.8. The van der Waals surface area contributed by atoms with Crippen LogP contribution in [0.3, 0.4) is 0 Å². The number of fused-ring (bicyclic) bond motifs is 4. The first-order chi connectivity index (χ1) is 35.7. The molecule has 4 atom stereocenters. The van der Waals surface area contributed by atoms with Gasteiger partial charge in [0.05, 0.1) is 64.0 Å². The highest BCUT2D eigenvalue weighted by Crippen LogP contribution is 2.55. The summed E-state index contributed by atoms with van der Waals surface area (Å²) < 4.78 is 49.7. The Hall–Kier alpha value is -6.46. The molecule has 74 heavy (non-hydrogen) atoms. The van der Waals surface area contributed by atoms with Crippen LogP contribution < -0.4 is 29.3 Å². The van der Waals surface area contributed by atoms with Gasteiger partial charge in [0.15, 0.2) is 11.4 Å². The number of amides is 1. The molecule has 5 aromatic rings. The van der Waals surface area contributed by atoms with Crippen LogP contribution in [0.4, 0.5) is 28.4 Å². The Morgan fingerprint density at radius 2 is 1.78 bits per heavy atom. The molecule has 7 heterocycles. The molecule has 3 saturated heterocycles. The molecule has 7 aliphatic rings. The van der Waals surface area contributed by atoms with Crippen molar-refractivity contribution < 1.29 is 37.5 Å². The van der Waals surface area contributed by atoms with E-state index < -0.39 is 42.9 Å². The minimum Gasteiger partial charge on any atom is -0.489 e. The molecule has 0 radical (unpaired) electrons. The standard InChI is InChI=1S/C55H63N9O9S/c1-54(2,32-56)41-7-4-3-6-39(41)43-8-5-20-62(43)36-28-55(29-36)17-21-61(22-18-55)35-11-14-40(44(25-35)63-46-24-34-15-19-57-51(34)59-53(46)73-48-16-23-71-31-47(48)63)52(66)60-74(69,70)38-26-45(64(67)68)50-49(27-38)72-30-42(58-50)33-9-12-37(65)13-10-33/h3-4,6-7,11,14-15,19,24-27,33,36-37,42-43,47-48,58,65H,5,8-10,12-13,16-18,20-23,28-31H2,1-2H3,(H,57,59)(H,60,66)/t33?,37?,42-,43-,47+,48-/m0/s1. The highest BCUT2D eigenvalue weighted by Gasteiger charge is 2.51. The number of aromatic amines is 1. The number of benzene rings is 3. The van der Waals surface area contributed by atoms with E-state index in [1.165, 1.54) is 11.6 Å². The van der Waals surface area contributed by atoms with Crippen LogP contribution in [0, 0.1) is 32.8 Å². The number of ether oxygens (including phenoxy) is 3. The number of hydrogen-bond donors (Lipinski definition) is 4. The van der Waals surface area contributed by atoms with Crippen LogP contribution in [-0.4, -0.2) is 109 Å². The number of nitro groups is 1. The van der Waals surface area contributed by atoms with Gasteiger partial charge in [-0.3, -0.25) is 19.8 Å². The Morgan fingerprint density at radius 3 is 2.57 bits per heavy atom. The van der Waals surface area contributed by atoms with Crippen molar-refractivity contribution >= 4 is 55.4 Å². The lowest BCUT2D eigenvalue weighted by Gasteiger charge is -2.56. The summed E-state index contributed by atoms with van der Waals surface area (Å²) in [5.74, 6) is -0.421. The molecule has 388 valence electrons. The summed E-state index contributed by atoms with van der Waals surface area (Å²) in [6, 6.07) is 22.7. The van der Waals surface area contributed by atoms with Crippen molar-refractivity contribution in [2.75, 3.05) is 54.6 Å². The molecule has 4 N–H and O–H groups in total. The number of carbonyl (C=O) groups excluding carboxylic acids is 1. The van der Waals surface area contributed by atoms with E-state index >= 15 is 0 Å². The molecule has 1 spiro atoms. The van der Waals surface area contributed by atoms with Crippen molar-refractivity contribution in [2.45, 2.75) is 131 Å². The molecule has 1 amide bonds. The molecule has 5 fully saturated rings. The Balaban J connectivity index is 0.829. The number of anilines is 4. The molecular weight excluding hydrogens is 963 g/mol. The zero-order chi connectivity index (χ0) is 51.1. The van der Waals surface area contributed by atoms with E-state index in [0.717, 1.165) is 93.7 Å². The quantitative estimate of drug-likeness (QED) is 0.0761. The number of carbonyl (C=O) groups is 1. The second kappa shape index (κ2) is 18.7. The van der Waals surface area contributed by atoms with Crippen molar-refractivity contribution in [3.05, 3.63) is 99.7 Å². The number of hydrogen-bond acceptors (Lipinski definition) is 15. The van der Waals surface area contributed by atoms with Crippen LogP contribution >= 0.6 is 0 Å². The number of aliphatic hydroxyl groups is 1. The molecule has 19 heteroatoms. The van der Waals surface area contributed by atoms with Crippen molar-refractivity contribution in [3.8, 4) is 17.7 Å². The van der Waals surface area contributed by atoms with Crippen LogP contribution in [0.2, 0.25) is 0 Å². The summed E-state index contributed by atoms with van der Waals surface area (Å²) in [7, 11) is -4.72. The van der Waals surface area contributed by atoms with E-state index in [9.17, 15) is 33.7 Å². The minimum absolute atomic E-state index is 0.00359. The van der Waals surface area contributed by atoms with Gasteiger partial charge in [0, 0.05) is 61.0 Å². The molecule has 5 aliphatic heterocycles. The van der Waals surface area contributed by atoms with Gasteiger partial charge in [-0.15, -0.1) is 0 Å². The van der Waals surface area contributed by atoms with Gasteiger partial charge >= 0.3 is 0 Å². The fourth-order valence-corrected chi connectivity index (χ4v) is 14.4. The van der Waals surface area contributed by atoms with Crippen LogP contribution in [0.15, 0.2) is 77.8 Å². The Kier molecular flexibility index (Phi) is 12.3. The van der Waals surface area contributed by atoms with Crippen LogP contribution in [0.25, 0.3) is 11.0 Å². The smallest absolute Gasteiger partial charge is 0.297 e. The number of aromatic nitrogens is 2. The highest BCUT2D eigenvalue weighted by atomic mass is 32.2. The number of H-pyrrole nitrogens is 1.